The van der Waals surface area contributed by atoms with Gasteiger partial charge >= 0.3 is 5.97 Å². The third kappa shape index (κ3) is 6.73. The third-order valence-electron chi connectivity index (χ3n) is 9.56. The quantitative estimate of drug-likeness (QED) is 0.254. The summed E-state index contributed by atoms with van der Waals surface area (Å²) in [6.45, 7) is 5.82. The van der Waals surface area contributed by atoms with E-state index in [4.69, 9.17) is 5.11 Å². The van der Waals surface area contributed by atoms with Crippen LogP contribution in [0.1, 0.15) is 108 Å². The molecule has 1 aliphatic heterocycles. The molecule has 3 aliphatic rings. The number of aromatic nitrogens is 1. The van der Waals surface area contributed by atoms with E-state index in [1.54, 1.807) is 12.1 Å². The highest BCUT2D eigenvalue weighted by Gasteiger charge is 2.25. The molecule has 2 aliphatic carbocycles. The molecule has 230 valence electrons. The molecule has 0 fully saturated rings. The van der Waals surface area contributed by atoms with Crippen LogP contribution in [0.15, 0.2) is 102 Å². The second kappa shape index (κ2) is 13.6. The topological polar surface area (TPSA) is 62.5 Å². The van der Waals surface area contributed by atoms with Gasteiger partial charge in [0.05, 0.1) is 12.1 Å². The molecule has 0 saturated carbocycles. The summed E-state index contributed by atoms with van der Waals surface area (Å²) in [7, 11) is 0. The number of hydrogen-bond acceptors (Lipinski definition) is 2. The van der Waals surface area contributed by atoms with E-state index in [-0.39, 0.29) is 5.91 Å². The summed E-state index contributed by atoms with van der Waals surface area (Å²) in [6.07, 6.45) is 11.8. The van der Waals surface area contributed by atoms with Crippen molar-refractivity contribution in [2.24, 2.45) is 0 Å². The van der Waals surface area contributed by atoms with Crippen LogP contribution in [0.2, 0.25) is 0 Å². The van der Waals surface area contributed by atoms with Crippen molar-refractivity contribution in [3.05, 3.63) is 136 Å². The summed E-state index contributed by atoms with van der Waals surface area (Å²) in [5.74, 6) is -0.797. The highest BCUT2D eigenvalue weighted by atomic mass is 16.4. The number of amides is 1. The molecule has 4 aromatic rings. The van der Waals surface area contributed by atoms with Crippen LogP contribution in [0.4, 0.5) is 5.69 Å². The van der Waals surface area contributed by atoms with Crippen molar-refractivity contribution in [3.63, 3.8) is 0 Å². The van der Waals surface area contributed by atoms with Crippen molar-refractivity contribution < 1.29 is 14.7 Å². The first-order valence-corrected chi connectivity index (χ1v) is 16.2. The molecule has 0 atom stereocenters. The highest BCUT2D eigenvalue weighted by molar-refractivity contribution is 6.06. The number of fused-ring (bicyclic) bond motifs is 2. The zero-order valence-corrected chi connectivity index (χ0v) is 26.4. The number of carbonyl (C=O) groups excluding carboxylic acids is 1. The van der Waals surface area contributed by atoms with Crippen LogP contribution in [0.5, 0.6) is 0 Å². The van der Waals surface area contributed by atoms with Gasteiger partial charge in [-0.2, -0.15) is 0 Å². The number of hydrogen-bond donors (Lipinski definition) is 1. The van der Waals surface area contributed by atoms with Gasteiger partial charge in [0.2, 0.25) is 0 Å². The number of carbonyl (C=O) groups is 2. The van der Waals surface area contributed by atoms with Gasteiger partial charge in [0.15, 0.2) is 0 Å². The van der Waals surface area contributed by atoms with Crippen LogP contribution >= 0.6 is 0 Å². The summed E-state index contributed by atoms with van der Waals surface area (Å²) in [4.78, 5) is 26.2. The minimum absolute atomic E-state index is 0.0630. The lowest BCUT2D eigenvalue weighted by molar-refractivity contribution is 0.0696. The van der Waals surface area contributed by atoms with Gasteiger partial charge in [0, 0.05) is 29.7 Å². The second-order valence-corrected chi connectivity index (χ2v) is 12.5. The van der Waals surface area contributed by atoms with Gasteiger partial charge in [-0.1, -0.05) is 53.6 Å². The molecule has 0 unspecified atom stereocenters. The number of allylic oxidation sites excluding steroid dienone is 4. The van der Waals surface area contributed by atoms with E-state index in [9.17, 15) is 9.59 Å². The summed E-state index contributed by atoms with van der Waals surface area (Å²) < 4.78 is 2.23. The van der Waals surface area contributed by atoms with Crippen molar-refractivity contribution in [2.45, 2.75) is 78.3 Å². The van der Waals surface area contributed by atoms with Crippen molar-refractivity contribution >= 4 is 28.7 Å². The molecular weight excluding hydrogens is 556 g/mol. The Morgan fingerprint density at radius 1 is 0.622 bits per heavy atom. The van der Waals surface area contributed by atoms with E-state index in [2.05, 4.69) is 61.0 Å². The van der Waals surface area contributed by atoms with Gasteiger partial charge in [-0.05, 0) is 136 Å². The largest absolute Gasteiger partial charge is 0.478 e. The summed E-state index contributed by atoms with van der Waals surface area (Å²) in [6, 6.07) is 27.9. The summed E-state index contributed by atoms with van der Waals surface area (Å²) in [5, 5.41) is 8.83. The van der Waals surface area contributed by atoms with Gasteiger partial charge in [-0.3, -0.25) is 4.79 Å². The lowest BCUT2D eigenvalue weighted by atomic mass is 9.88. The minimum atomic E-state index is -0.860. The molecule has 0 bridgehead atoms. The summed E-state index contributed by atoms with van der Waals surface area (Å²) in [5.41, 5.74) is 12.7. The monoisotopic (exact) mass is 598 g/mol. The van der Waals surface area contributed by atoms with E-state index < -0.39 is 5.97 Å². The Balaban J connectivity index is 0.000000189. The van der Waals surface area contributed by atoms with Crippen LogP contribution in [-0.2, 0) is 13.1 Å². The van der Waals surface area contributed by atoms with Gasteiger partial charge in [-0.15, -0.1) is 0 Å². The predicted octanol–water partition coefficient (Wildman–Crippen LogP) is 9.78. The molecular formula is C40H42N2O3. The molecule has 0 spiro atoms. The standard InChI is InChI=1S/C26H26N2O.C14H16O2/c1-19-7-2-4-10-24(19)20-12-14-21(15-13-20)26(29)28-18-23-9-6-16-27(23)17-22-8-3-5-11-25(22)28;1-10-4-2-3-5-13(10)11-6-8-12(9-7-11)14(15)16/h3,5-6,8-9,11-16H,2,4,7,10,17-18H2,1H3;6-9H,2-5H2,1H3,(H,15,16). The maximum absolute atomic E-state index is 13.5. The lowest BCUT2D eigenvalue weighted by Gasteiger charge is -2.23. The average molecular weight is 599 g/mol. The highest BCUT2D eigenvalue weighted by Crippen LogP contribution is 2.34. The number of aromatic carboxylic acids is 1. The van der Waals surface area contributed by atoms with Gasteiger partial charge in [0.1, 0.15) is 0 Å². The maximum Gasteiger partial charge on any atom is 0.335 e. The first-order valence-electron chi connectivity index (χ1n) is 16.2. The maximum atomic E-state index is 13.5. The first-order chi connectivity index (χ1) is 21.9. The molecule has 2 heterocycles. The normalized spacial score (nSPS) is 16.3. The molecule has 5 nitrogen and oxygen atoms in total. The van der Waals surface area contributed by atoms with Crippen LogP contribution < -0.4 is 4.90 Å². The number of para-hydroxylation sites is 1. The van der Waals surface area contributed by atoms with E-state index in [1.165, 1.54) is 77.5 Å². The lowest BCUT2D eigenvalue weighted by Crippen LogP contribution is -2.30. The van der Waals surface area contributed by atoms with Crippen molar-refractivity contribution in [2.75, 3.05) is 4.90 Å². The van der Waals surface area contributed by atoms with Crippen LogP contribution in [0, 0.1) is 0 Å². The van der Waals surface area contributed by atoms with Gasteiger partial charge in [0.25, 0.3) is 5.91 Å². The molecule has 1 N–H and O–H groups in total. The van der Waals surface area contributed by atoms with Crippen LogP contribution in [0.25, 0.3) is 11.1 Å². The number of carboxylic acid groups (broad SMARTS) is 1. The minimum Gasteiger partial charge on any atom is -0.478 e. The number of nitrogens with zero attached hydrogens (tertiary/aromatic N) is 2. The van der Waals surface area contributed by atoms with Crippen molar-refractivity contribution in [1.29, 1.82) is 0 Å². The van der Waals surface area contributed by atoms with Crippen LogP contribution in [0.3, 0.4) is 0 Å². The Hall–Kier alpha value is -4.64. The predicted molar refractivity (Wildman–Crippen MR) is 182 cm³/mol. The third-order valence-corrected chi connectivity index (χ3v) is 9.56. The van der Waals surface area contributed by atoms with Crippen molar-refractivity contribution in [3.8, 4) is 0 Å². The SMILES string of the molecule is CC1=C(c2ccc(C(=O)N3Cc4cccn4Cc4ccccc43)cc2)CCCC1.CC1=C(c2ccc(C(=O)O)cc2)CCCC1. The second-order valence-electron chi connectivity index (χ2n) is 12.5. The van der Waals surface area contributed by atoms with Crippen molar-refractivity contribution in [1.82, 2.24) is 4.57 Å². The number of carboxylic acids is 1. The molecule has 0 radical (unpaired) electrons. The summed E-state index contributed by atoms with van der Waals surface area (Å²) >= 11 is 0. The Labute approximate surface area is 266 Å². The van der Waals surface area contributed by atoms with E-state index in [0.29, 0.717) is 12.1 Å². The molecule has 1 aromatic heterocycles. The molecule has 45 heavy (non-hydrogen) atoms. The Bertz CT molecular complexity index is 1760. The van der Waals surface area contributed by atoms with E-state index in [0.717, 1.165) is 36.3 Å². The molecule has 0 saturated heterocycles. The molecule has 1 amide bonds. The van der Waals surface area contributed by atoms with Gasteiger partial charge in [-0.25, -0.2) is 4.79 Å². The van der Waals surface area contributed by atoms with E-state index in [1.807, 2.05) is 41.3 Å². The Morgan fingerprint density at radius 2 is 1.18 bits per heavy atom. The number of rotatable bonds is 4. The zero-order valence-electron chi connectivity index (χ0n) is 26.4. The van der Waals surface area contributed by atoms with Crippen LogP contribution in [-0.4, -0.2) is 21.6 Å². The fourth-order valence-corrected chi connectivity index (χ4v) is 6.94. The first kappa shape index (κ1) is 30.4. The average Bonchev–Trinajstić information content (AvgIpc) is 3.44. The zero-order chi connectivity index (χ0) is 31.3. The number of anilines is 1. The molecule has 3 aromatic carbocycles. The smallest absolute Gasteiger partial charge is 0.335 e. The Morgan fingerprint density at radius 3 is 1.76 bits per heavy atom. The molecule has 7 rings (SSSR count). The fraction of sp³-hybridized carbons (Fsp3) is 0.300. The fourth-order valence-electron chi connectivity index (χ4n) is 6.94. The number of benzene rings is 3. The molecule has 5 heteroatoms. The van der Waals surface area contributed by atoms with Gasteiger partial charge < -0.3 is 14.6 Å². The Kier molecular flexibility index (Phi) is 9.16. The van der Waals surface area contributed by atoms with E-state index >= 15 is 0 Å².